The van der Waals surface area contributed by atoms with Crippen molar-refractivity contribution in [3.8, 4) is 23.2 Å². The molecule has 3 aromatic rings. The summed E-state index contributed by atoms with van der Waals surface area (Å²) >= 11 is 0. The SMILES string of the molecule is CC(=O)N1CCOC(COc2nc(-c3ccc(C4(C#N)CCC4)cc3)cc3nccnc23)C1. The molecule has 8 nitrogen and oxygen atoms in total. The number of hydrogen-bond acceptors (Lipinski definition) is 7. The van der Waals surface area contributed by atoms with Gasteiger partial charge >= 0.3 is 0 Å². The molecule has 1 unspecified atom stereocenters. The quantitative estimate of drug-likeness (QED) is 0.596. The maximum atomic E-state index is 11.7. The largest absolute Gasteiger partial charge is 0.473 e. The van der Waals surface area contributed by atoms with Crippen LogP contribution in [0.1, 0.15) is 31.7 Å². The second-order valence-corrected chi connectivity index (χ2v) is 8.63. The van der Waals surface area contributed by atoms with Crippen LogP contribution in [0.4, 0.5) is 0 Å². The second-order valence-electron chi connectivity index (χ2n) is 8.63. The van der Waals surface area contributed by atoms with Gasteiger partial charge in [-0.15, -0.1) is 0 Å². The van der Waals surface area contributed by atoms with Gasteiger partial charge < -0.3 is 14.4 Å². The minimum absolute atomic E-state index is 0.0308. The van der Waals surface area contributed by atoms with Gasteiger partial charge in [0.1, 0.15) is 12.7 Å². The molecule has 1 aliphatic carbocycles. The zero-order chi connectivity index (χ0) is 22.8. The first kappa shape index (κ1) is 21.3. The fourth-order valence-electron chi connectivity index (χ4n) is 4.43. The standard InChI is InChI=1S/C25H25N5O3/c1-17(31)30-11-12-32-20(14-30)15-33-24-23-22(27-9-10-28-23)13-21(29-24)18-3-5-19(6-4-18)25(16-26)7-2-8-25/h3-6,9-10,13,20H,2,7-8,11-12,14-15H2,1H3. The molecule has 0 N–H and O–H groups in total. The number of benzene rings is 1. The number of nitriles is 1. The Morgan fingerprint density at radius 1 is 1.27 bits per heavy atom. The van der Waals surface area contributed by atoms with E-state index in [2.05, 4.69) is 16.0 Å². The minimum atomic E-state index is -0.344. The number of rotatable bonds is 5. The van der Waals surface area contributed by atoms with Gasteiger partial charge in [0, 0.05) is 31.4 Å². The normalized spacial score (nSPS) is 19.5. The molecule has 0 bridgehead atoms. The Bertz CT molecular complexity index is 1220. The van der Waals surface area contributed by atoms with Gasteiger partial charge in [-0.3, -0.25) is 9.78 Å². The molecule has 0 spiro atoms. The molecule has 1 saturated heterocycles. The predicted molar refractivity (Wildman–Crippen MR) is 121 cm³/mol. The molecule has 0 radical (unpaired) electrons. The van der Waals surface area contributed by atoms with Crippen molar-refractivity contribution in [2.24, 2.45) is 0 Å². The molecule has 1 aromatic carbocycles. The van der Waals surface area contributed by atoms with E-state index in [9.17, 15) is 10.1 Å². The molecule has 2 fully saturated rings. The van der Waals surface area contributed by atoms with Crippen molar-refractivity contribution in [2.75, 3.05) is 26.3 Å². The number of pyridine rings is 1. The number of fused-ring (bicyclic) bond motifs is 1. The smallest absolute Gasteiger partial charge is 0.242 e. The molecular formula is C25H25N5O3. The van der Waals surface area contributed by atoms with Crippen LogP contribution >= 0.6 is 0 Å². The summed E-state index contributed by atoms with van der Waals surface area (Å²) in [5.74, 6) is 0.416. The van der Waals surface area contributed by atoms with Crippen molar-refractivity contribution in [3.63, 3.8) is 0 Å². The van der Waals surface area contributed by atoms with Crippen LogP contribution < -0.4 is 4.74 Å². The van der Waals surface area contributed by atoms with E-state index in [1.165, 1.54) is 0 Å². The Balaban J connectivity index is 1.40. The van der Waals surface area contributed by atoms with Crippen LogP contribution in [0.25, 0.3) is 22.3 Å². The third-order valence-corrected chi connectivity index (χ3v) is 6.57. The number of amides is 1. The molecule has 33 heavy (non-hydrogen) atoms. The number of morpholine rings is 1. The van der Waals surface area contributed by atoms with E-state index >= 15 is 0 Å². The molecule has 5 rings (SSSR count). The molecule has 1 saturated carbocycles. The number of hydrogen-bond donors (Lipinski definition) is 0. The zero-order valence-corrected chi connectivity index (χ0v) is 18.5. The Labute approximate surface area is 192 Å². The van der Waals surface area contributed by atoms with Crippen LogP contribution in [0, 0.1) is 11.3 Å². The van der Waals surface area contributed by atoms with Crippen molar-refractivity contribution >= 4 is 16.9 Å². The highest BCUT2D eigenvalue weighted by Gasteiger charge is 2.38. The molecule has 1 atom stereocenters. The molecule has 1 amide bonds. The van der Waals surface area contributed by atoms with E-state index in [1.807, 2.05) is 30.3 Å². The Kier molecular flexibility index (Phi) is 5.65. The monoisotopic (exact) mass is 443 g/mol. The Hall–Kier alpha value is -3.57. The molecule has 8 heteroatoms. The summed E-state index contributed by atoms with van der Waals surface area (Å²) in [5, 5.41) is 9.62. The third-order valence-electron chi connectivity index (χ3n) is 6.57. The third kappa shape index (κ3) is 4.12. The summed E-state index contributed by atoms with van der Waals surface area (Å²) in [4.78, 5) is 27.0. The van der Waals surface area contributed by atoms with Gasteiger partial charge in [0.25, 0.3) is 0 Å². The summed E-state index contributed by atoms with van der Waals surface area (Å²) in [6.45, 7) is 3.39. The second kappa shape index (κ2) is 8.75. The molecule has 3 heterocycles. The summed E-state index contributed by atoms with van der Waals surface area (Å²) in [6, 6.07) is 12.4. The zero-order valence-electron chi connectivity index (χ0n) is 18.5. The summed E-state index contributed by atoms with van der Waals surface area (Å²) < 4.78 is 11.8. The van der Waals surface area contributed by atoms with Crippen LogP contribution in [0.15, 0.2) is 42.7 Å². The molecule has 168 valence electrons. The van der Waals surface area contributed by atoms with Crippen LogP contribution in [-0.4, -0.2) is 58.2 Å². The highest BCUT2D eigenvalue weighted by molar-refractivity contribution is 5.83. The predicted octanol–water partition coefficient (Wildman–Crippen LogP) is 3.26. The Morgan fingerprint density at radius 3 is 2.76 bits per heavy atom. The molecule has 2 aliphatic rings. The lowest BCUT2D eigenvalue weighted by Gasteiger charge is -2.35. The van der Waals surface area contributed by atoms with E-state index < -0.39 is 0 Å². The number of ether oxygens (including phenoxy) is 2. The Morgan fingerprint density at radius 2 is 2.06 bits per heavy atom. The maximum absolute atomic E-state index is 11.7. The number of carbonyl (C=O) groups excluding carboxylic acids is 1. The van der Waals surface area contributed by atoms with Crippen molar-refractivity contribution in [3.05, 3.63) is 48.3 Å². The first-order valence-corrected chi connectivity index (χ1v) is 11.2. The minimum Gasteiger partial charge on any atom is -0.473 e. The van der Waals surface area contributed by atoms with E-state index in [1.54, 1.807) is 24.2 Å². The van der Waals surface area contributed by atoms with Gasteiger partial charge in [-0.25, -0.2) is 9.97 Å². The highest BCUT2D eigenvalue weighted by atomic mass is 16.5. The summed E-state index contributed by atoms with van der Waals surface area (Å²) in [6.07, 6.45) is 5.93. The van der Waals surface area contributed by atoms with Crippen molar-refractivity contribution in [1.82, 2.24) is 19.9 Å². The highest BCUT2D eigenvalue weighted by Crippen LogP contribution is 2.43. The number of carbonyl (C=O) groups is 1. The lowest BCUT2D eigenvalue weighted by Crippen LogP contribution is -2.46. The van der Waals surface area contributed by atoms with E-state index in [-0.39, 0.29) is 24.0 Å². The molecule has 2 aromatic heterocycles. The topological polar surface area (TPSA) is 101 Å². The van der Waals surface area contributed by atoms with Gasteiger partial charge in [0.05, 0.1) is 35.8 Å². The summed E-state index contributed by atoms with van der Waals surface area (Å²) in [5.41, 5.74) is 3.61. The number of nitrogens with zero attached hydrogens (tertiary/aromatic N) is 5. The lowest BCUT2D eigenvalue weighted by molar-refractivity contribution is -0.137. The van der Waals surface area contributed by atoms with E-state index in [4.69, 9.17) is 14.5 Å². The molecule has 1 aliphatic heterocycles. The maximum Gasteiger partial charge on any atom is 0.242 e. The van der Waals surface area contributed by atoms with Crippen molar-refractivity contribution in [2.45, 2.75) is 37.7 Å². The summed E-state index contributed by atoms with van der Waals surface area (Å²) in [7, 11) is 0. The average Bonchev–Trinajstić information content (AvgIpc) is 2.82. The number of aromatic nitrogens is 3. The lowest BCUT2D eigenvalue weighted by atomic mass is 9.65. The van der Waals surface area contributed by atoms with Gasteiger partial charge in [-0.1, -0.05) is 24.3 Å². The van der Waals surface area contributed by atoms with Crippen LogP contribution in [0.5, 0.6) is 5.88 Å². The fourth-order valence-corrected chi connectivity index (χ4v) is 4.43. The van der Waals surface area contributed by atoms with E-state index in [0.29, 0.717) is 36.6 Å². The van der Waals surface area contributed by atoms with Crippen molar-refractivity contribution in [1.29, 1.82) is 5.26 Å². The molecular weight excluding hydrogens is 418 g/mol. The first-order valence-electron chi connectivity index (χ1n) is 11.2. The van der Waals surface area contributed by atoms with E-state index in [0.717, 1.165) is 36.1 Å². The van der Waals surface area contributed by atoms with Gasteiger partial charge in [-0.05, 0) is 30.9 Å². The fraction of sp³-hybridized carbons (Fsp3) is 0.400. The van der Waals surface area contributed by atoms with Crippen LogP contribution in [0.3, 0.4) is 0 Å². The van der Waals surface area contributed by atoms with Crippen molar-refractivity contribution < 1.29 is 14.3 Å². The van der Waals surface area contributed by atoms with Gasteiger partial charge in [-0.2, -0.15) is 5.26 Å². The van der Waals surface area contributed by atoms with Crippen LogP contribution in [0.2, 0.25) is 0 Å². The average molecular weight is 444 g/mol. The van der Waals surface area contributed by atoms with Crippen LogP contribution in [-0.2, 0) is 14.9 Å². The van der Waals surface area contributed by atoms with Gasteiger partial charge in [0.2, 0.25) is 11.8 Å². The van der Waals surface area contributed by atoms with Gasteiger partial charge in [0.15, 0.2) is 5.52 Å². The first-order chi connectivity index (χ1) is 16.1.